The fourth-order valence-corrected chi connectivity index (χ4v) is 8.12. The van der Waals surface area contributed by atoms with Crippen molar-refractivity contribution in [1.82, 2.24) is 4.57 Å². The van der Waals surface area contributed by atoms with E-state index in [1.807, 2.05) is 0 Å². The largest absolute Gasteiger partial charge is 0.309 e. The molecule has 0 saturated carbocycles. The Morgan fingerprint density at radius 2 is 1.02 bits per heavy atom. The van der Waals surface area contributed by atoms with Crippen LogP contribution in [0.1, 0.15) is 37.3 Å². The Morgan fingerprint density at radius 1 is 0.458 bits per heavy atom. The average Bonchev–Trinajstić information content (AvgIpc) is 3.48. The second-order valence-electron chi connectivity index (χ2n) is 13.3. The van der Waals surface area contributed by atoms with Gasteiger partial charge in [-0.3, -0.25) is 0 Å². The van der Waals surface area contributed by atoms with Crippen molar-refractivity contribution in [3.8, 4) is 27.9 Å². The zero-order valence-electron chi connectivity index (χ0n) is 27.7. The van der Waals surface area contributed by atoms with Crippen molar-refractivity contribution < 1.29 is 0 Å². The van der Waals surface area contributed by atoms with E-state index >= 15 is 0 Å². The number of fused-ring (bicyclic) bond motifs is 9. The maximum atomic E-state index is 2.46. The van der Waals surface area contributed by atoms with Gasteiger partial charge in [0.25, 0.3) is 0 Å². The van der Waals surface area contributed by atoms with E-state index in [0.29, 0.717) is 5.92 Å². The van der Waals surface area contributed by atoms with Crippen LogP contribution in [0.2, 0.25) is 0 Å². The summed E-state index contributed by atoms with van der Waals surface area (Å²) < 4.78 is 2.46. The number of aromatic nitrogens is 1. The van der Waals surface area contributed by atoms with Gasteiger partial charge in [0.1, 0.15) is 0 Å². The molecule has 0 radical (unpaired) electrons. The van der Waals surface area contributed by atoms with Crippen LogP contribution >= 0.6 is 0 Å². The summed E-state index contributed by atoms with van der Waals surface area (Å²) in [4.78, 5) is 0. The van der Waals surface area contributed by atoms with Gasteiger partial charge in [-0.2, -0.15) is 0 Å². The Morgan fingerprint density at radius 3 is 1.73 bits per heavy atom. The maximum absolute atomic E-state index is 2.46. The molecule has 1 nitrogen and oxygen atoms in total. The SMILES string of the molecule is CCC(C)c1c(-c2ccc3c(c2)c2ccccc2n3-c2ccc3c4ccccc4c4ccccc4c3c2)cccc1-c1ccccc1C. The molecule has 1 atom stereocenters. The zero-order valence-corrected chi connectivity index (χ0v) is 27.7. The molecule has 48 heavy (non-hydrogen) atoms. The van der Waals surface area contributed by atoms with Gasteiger partial charge in [0.2, 0.25) is 0 Å². The number of para-hydroxylation sites is 1. The van der Waals surface area contributed by atoms with Crippen molar-refractivity contribution in [1.29, 1.82) is 0 Å². The monoisotopic (exact) mass is 615 g/mol. The molecule has 230 valence electrons. The lowest BCUT2D eigenvalue weighted by atomic mass is 9.83. The molecular weight excluding hydrogens is 579 g/mol. The van der Waals surface area contributed by atoms with Crippen LogP contribution in [0.4, 0.5) is 0 Å². The molecule has 1 heterocycles. The first-order valence-corrected chi connectivity index (χ1v) is 17.2. The Hall–Kier alpha value is -5.66. The molecule has 0 aliphatic rings. The minimum absolute atomic E-state index is 0.427. The van der Waals surface area contributed by atoms with E-state index in [1.165, 1.54) is 93.2 Å². The van der Waals surface area contributed by atoms with E-state index in [-0.39, 0.29) is 0 Å². The van der Waals surface area contributed by atoms with E-state index in [4.69, 9.17) is 0 Å². The molecule has 9 rings (SSSR count). The van der Waals surface area contributed by atoms with Crippen LogP contribution in [0.3, 0.4) is 0 Å². The molecular formula is C47H37N. The second-order valence-corrected chi connectivity index (χ2v) is 13.3. The quantitative estimate of drug-likeness (QED) is 0.170. The predicted molar refractivity (Wildman–Crippen MR) is 208 cm³/mol. The lowest BCUT2D eigenvalue weighted by molar-refractivity contribution is 0.737. The summed E-state index contributed by atoms with van der Waals surface area (Å²) in [6.45, 7) is 6.90. The molecule has 0 aliphatic heterocycles. The summed E-state index contributed by atoms with van der Waals surface area (Å²) in [6.07, 6.45) is 1.09. The van der Waals surface area contributed by atoms with Gasteiger partial charge in [0.05, 0.1) is 11.0 Å². The molecule has 8 aromatic carbocycles. The molecule has 1 heteroatoms. The van der Waals surface area contributed by atoms with Gasteiger partial charge in [-0.1, -0.05) is 135 Å². The standard InChI is InChI=1S/C47H37N/c1-4-30(2)47-35(21-13-22-42(47)34-15-6-5-14-31(34)3)32-24-27-46-44(28-32)41-20-11-12-23-45(41)48(46)33-25-26-40-38-18-8-7-16-36(38)37-17-9-10-19-39(37)43(40)29-33/h5-30H,4H2,1-3H3. The third kappa shape index (κ3) is 4.31. The van der Waals surface area contributed by atoms with E-state index in [2.05, 4.69) is 177 Å². The summed E-state index contributed by atoms with van der Waals surface area (Å²) in [6, 6.07) is 56.3. The molecule has 0 aliphatic carbocycles. The Balaban J connectivity index is 1.29. The van der Waals surface area contributed by atoms with Crippen LogP contribution in [0.15, 0.2) is 152 Å². The first-order chi connectivity index (χ1) is 23.6. The van der Waals surface area contributed by atoms with E-state index in [9.17, 15) is 0 Å². The molecule has 0 fully saturated rings. The van der Waals surface area contributed by atoms with Crippen molar-refractivity contribution in [3.05, 3.63) is 163 Å². The molecule has 0 bridgehead atoms. The first kappa shape index (κ1) is 28.6. The lowest BCUT2D eigenvalue weighted by Gasteiger charge is -2.21. The molecule has 1 aromatic heterocycles. The maximum Gasteiger partial charge on any atom is 0.0541 e. The topological polar surface area (TPSA) is 4.93 Å². The van der Waals surface area contributed by atoms with Gasteiger partial charge in [-0.15, -0.1) is 0 Å². The molecule has 0 saturated heterocycles. The van der Waals surface area contributed by atoms with Crippen molar-refractivity contribution in [3.63, 3.8) is 0 Å². The number of hydrogen-bond acceptors (Lipinski definition) is 0. The van der Waals surface area contributed by atoms with Crippen molar-refractivity contribution >= 4 is 54.1 Å². The highest BCUT2D eigenvalue weighted by atomic mass is 15.0. The second kappa shape index (κ2) is 11.2. The van der Waals surface area contributed by atoms with Gasteiger partial charge in [-0.25, -0.2) is 0 Å². The van der Waals surface area contributed by atoms with Gasteiger partial charge < -0.3 is 4.57 Å². The Kier molecular flexibility index (Phi) is 6.69. The summed E-state index contributed by atoms with van der Waals surface area (Å²) in [5.41, 5.74) is 11.7. The molecule has 0 amide bonds. The predicted octanol–water partition coefficient (Wildman–Crippen LogP) is 13.4. The minimum Gasteiger partial charge on any atom is -0.309 e. The summed E-state index contributed by atoms with van der Waals surface area (Å²) >= 11 is 0. The third-order valence-electron chi connectivity index (χ3n) is 10.6. The molecule has 0 spiro atoms. The lowest BCUT2D eigenvalue weighted by Crippen LogP contribution is -2.00. The highest BCUT2D eigenvalue weighted by Crippen LogP contribution is 2.43. The minimum atomic E-state index is 0.427. The Labute approximate surface area is 281 Å². The number of hydrogen-bond donors (Lipinski definition) is 0. The molecule has 0 N–H and O–H groups in total. The van der Waals surface area contributed by atoms with Crippen LogP contribution in [-0.4, -0.2) is 4.57 Å². The highest BCUT2D eigenvalue weighted by molar-refractivity contribution is 6.25. The summed E-state index contributed by atoms with van der Waals surface area (Å²) in [7, 11) is 0. The van der Waals surface area contributed by atoms with Crippen LogP contribution in [-0.2, 0) is 0 Å². The van der Waals surface area contributed by atoms with Gasteiger partial charge in [0.15, 0.2) is 0 Å². The smallest absolute Gasteiger partial charge is 0.0541 e. The van der Waals surface area contributed by atoms with Gasteiger partial charge >= 0.3 is 0 Å². The Bertz CT molecular complexity index is 2650. The van der Waals surface area contributed by atoms with Crippen molar-refractivity contribution in [2.24, 2.45) is 0 Å². The fourth-order valence-electron chi connectivity index (χ4n) is 8.12. The van der Waals surface area contributed by atoms with E-state index in [1.54, 1.807) is 0 Å². The number of rotatable bonds is 5. The van der Waals surface area contributed by atoms with Crippen LogP contribution in [0, 0.1) is 6.92 Å². The molecule has 1 unspecified atom stereocenters. The average molecular weight is 616 g/mol. The molecule has 9 aromatic rings. The summed E-state index contributed by atoms with van der Waals surface area (Å²) in [5.74, 6) is 0.427. The van der Waals surface area contributed by atoms with Gasteiger partial charge in [-0.05, 0) is 115 Å². The third-order valence-corrected chi connectivity index (χ3v) is 10.6. The van der Waals surface area contributed by atoms with Crippen molar-refractivity contribution in [2.45, 2.75) is 33.1 Å². The van der Waals surface area contributed by atoms with Gasteiger partial charge in [0, 0.05) is 16.5 Å². The zero-order chi connectivity index (χ0) is 32.4. The summed E-state index contributed by atoms with van der Waals surface area (Å²) in [5, 5.41) is 10.3. The number of aryl methyl sites for hydroxylation is 1. The van der Waals surface area contributed by atoms with Crippen molar-refractivity contribution in [2.75, 3.05) is 0 Å². The van der Waals surface area contributed by atoms with Crippen LogP contribution in [0.25, 0.3) is 82.1 Å². The van der Waals surface area contributed by atoms with Crippen LogP contribution in [0.5, 0.6) is 0 Å². The first-order valence-electron chi connectivity index (χ1n) is 17.2. The van der Waals surface area contributed by atoms with E-state index in [0.717, 1.165) is 6.42 Å². The number of nitrogens with zero attached hydrogens (tertiary/aromatic N) is 1. The fraction of sp³-hybridized carbons (Fsp3) is 0.106. The van der Waals surface area contributed by atoms with E-state index < -0.39 is 0 Å². The van der Waals surface area contributed by atoms with Crippen LogP contribution < -0.4 is 0 Å². The number of benzene rings is 8. The normalized spacial score (nSPS) is 12.5. The highest BCUT2D eigenvalue weighted by Gasteiger charge is 2.20.